The Hall–Kier alpha value is -3.23. The number of amides is 1. The fourth-order valence-electron chi connectivity index (χ4n) is 2.75. The van der Waals surface area contributed by atoms with E-state index in [2.05, 4.69) is 20.3 Å². The van der Waals surface area contributed by atoms with Gasteiger partial charge in [0.1, 0.15) is 17.9 Å². The highest BCUT2D eigenvalue weighted by atomic mass is 19.1. The van der Waals surface area contributed by atoms with Crippen LogP contribution in [-0.2, 0) is 4.79 Å². The summed E-state index contributed by atoms with van der Waals surface area (Å²) in [6.07, 6.45) is 5.25. The van der Waals surface area contributed by atoms with Crippen molar-refractivity contribution in [1.82, 2.24) is 20.3 Å². The quantitative estimate of drug-likeness (QED) is 0.620. The van der Waals surface area contributed by atoms with Crippen molar-refractivity contribution >= 4 is 17.0 Å². The topological polar surface area (TPSA) is 99.4 Å². The number of rotatable bonds is 8. The first-order valence-electron chi connectivity index (χ1n) is 9.43. The van der Waals surface area contributed by atoms with Crippen molar-refractivity contribution in [2.24, 2.45) is 5.92 Å². The van der Waals surface area contributed by atoms with Crippen LogP contribution < -0.4 is 14.8 Å². The molecule has 0 radical (unpaired) electrons. The predicted octanol–water partition coefficient (Wildman–Crippen LogP) is 3.12. The van der Waals surface area contributed by atoms with Crippen LogP contribution in [0.4, 0.5) is 4.39 Å². The molecule has 1 amide bonds. The molecule has 0 spiro atoms. The van der Waals surface area contributed by atoms with Crippen LogP contribution in [0.5, 0.6) is 11.6 Å². The lowest BCUT2D eigenvalue weighted by atomic mass is 10.3. The molecule has 1 saturated carbocycles. The maximum absolute atomic E-state index is 14.5. The van der Waals surface area contributed by atoms with Gasteiger partial charge in [-0.3, -0.25) is 4.79 Å². The van der Waals surface area contributed by atoms with E-state index in [9.17, 15) is 9.18 Å². The number of oxazole rings is 1. The van der Waals surface area contributed by atoms with Gasteiger partial charge in [0.25, 0.3) is 0 Å². The number of pyridine rings is 2. The number of carbonyl (C=O) groups is 1. The normalized spacial score (nSPS) is 14.6. The Morgan fingerprint density at radius 2 is 2.14 bits per heavy atom. The molecule has 29 heavy (non-hydrogen) atoms. The lowest BCUT2D eigenvalue weighted by Gasteiger charge is -2.12. The van der Waals surface area contributed by atoms with Gasteiger partial charge in [0.2, 0.25) is 17.7 Å². The minimum atomic E-state index is -0.571. The lowest BCUT2D eigenvalue weighted by molar-refractivity contribution is -0.119. The van der Waals surface area contributed by atoms with Gasteiger partial charge in [0.05, 0.1) is 25.0 Å². The summed E-state index contributed by atoms with van der Waals surface area (Å²) in [4.78, 5) is 23.6. The van der Waals surface area contributed by atoms with E-state index in [0.717, 1.165) is 12.8 Å². The number of carbonyl (C=O) groups excluding carboxylic acids is 1. The van der Waals surface area contributed by atoms with E-state index in [1.165, 1.54) is 25.4 Å². The van der Waals surface area contributed by atoms with Gasteiger partial charge in [-0.1, -0.05) is 0 Å². The summed E-state index contributed by atoms with van der Waals surface area (Å²) >= 11 is 0. The van der Waals surface area contributed by atoms with Crippen LogP contribution in [0.1, 0.15) is 26.7 Å². The molecule has 1 aliphatic carbocycles. The first-order valence-corrected chi connectivity index (χ1v) is 9.43. The third-order valence-electron chi connectivity index (χ3n) is 4.38. The number of ether oxygens (including phenoxy) is 2. The highest BCUT2D eigenvalue weighted by Crippen LogP contribution is 2.31. The molecule has 0 aromatic carbocycles. The molecule has 0 saturated heterocycles. The zero-order valence-electron chi connectivity index (χ0n) is 16.1. The van der Waals surface area contributed by atoms with E-state index in [-0.39, 0.29) is 30.1 Å². The summed E-state index contributed by atoms with van der Waals surface area (Å²) in [6, 6.07) is 2.68. The molecular weight excluding hydrogens is 379 g/mol. The van der Waals surface area contributed by atoms with E-state index < -0.39 is 5.82 Å². The number of hydrogen-bond acceptors (Lipinski definition) is 7. The van der Waals surface area contributed by atoms with Gasteiger partial charge in [-0.15, -0.1) is 0 Å². The second-order valence-electron chi connectivity index (χ2n) is 7.18. The van der Waals surface area contributed by atoms with Gasteiger partial charge >= 0.3 is 0 Å². The highest BCUT2D eigenvalue weighted by molar-refractivity contribution is 5.75. The third kappa shape index (κ3) is 4.79. The third-order valence-corrected chi connectivity index (χ3v) is 4.38. The fraction of sp³-hybridized carbons (Fsp3) is 0.400. The van der Waals surface area contributed by atoms with Crippen LogP contribution in [0.2, 0.25) is 0 Å². The van der Waals surface area contributed by atoms with Crippen molar-refractivity contribution in [1.29, 1.82) is 0 Å². The molecule has 1 N–H and O–H groups in total. The summed E-state index contributed by atoms with van der Waals surface area (Å²) < 4.78 is 31.2. The number of nitrogens with one attached hydrogen (secondary N) is 1. The molecule has 9 heteroatoms. The van der Waals surface area contributed by atoms with Crippen LogP contribution in [0.3, 0.4) is 0 Å². The molecule has 3 aromatic heterocycles. The summed E-state index contributed by atoms with van der Waals surface area (Å²) in [5.74, 6) is 0.618. The molecule has 4 rings (SSSR count). The average Bonchev–Trinajstić information content (AvgIpc) is 3.41. The predicted molar refractivity (Wildman–Crippen MR) is 102 cm³/mol. The van der Waals surface area contributed by atoms with E-state index in [1.54, 1.807) is 6.07 Å². The van der Waals surface area contributed by atoms with Gasteiger partial charge in [-0.2, -0.15) is 0 Å². The second kappa shape index (κ2) is 8.02. The van der Waals surface area contributed by atoms with Crippen molar-refractivity contribution in [2.45, 2.75) is 32.7 Å². The van der Waals surface area contributed by atoms with Crippen LogP contribution in [0.15, 0.2) is 28.9 Å². The molecule has 0 unspecified atom stereocenters. The zero-order valence-corrected chi connectivity index (χ0v) is 16.1. The van der Waals surface area contributed by atoms with Crippen molar-refractivity contribution in [3.05, 3.63) is 30.3 Å². The molecule has 1 aliphatic rings. The molecular formula is C20H21FN4O4. The van der Waals surface area contributed by atoms with E-state index >= 15 is 0 Å². The van der Waals surface area contributed by atoms with Crippen molar-refractivity contribution in [3.63, 3.8) is 0 Å². The van der Waals surface area contributed by atoms with Gasteiger partial charge < -0.3 is 19.2 Å². The zero-order chi connectivity index (χ0) is 20.4. The highest BCUT2D eigenvalue weighted by Gasteiger charge is 2.22. The van der Waals surface area contributed by atoms with Crippen molar-refractivity contribution < 1.29 is 23.1 Å². The molecule has 1 atom stereocenters. The van der Waals surface area contributed by atoms with Gasteiger partial charge in [-0.25, -0.2) is 19.3 Å². The first kappa shape index (κ1) is 19.1. The second-order valence-corrected chi connectivity index (χ2v) is 7.18. The number of aromatic nitrogens is 3. The minimum absolute atomic E-state index is 0.00159. The standard InChI is InChI=1S/C20H21FN4O4/c1-11(24-12(2)26)9-28-18-6-17-16(8-22-18)25-20(29-17)19-15(21)5-14(7-23-19)27-10-13-3-4-13/h5-8,11,13H,3-4,9-10H2,1-2H3,(H,24,26)/t11-/m0/s1. The Bertz CT molecular complexity index is 1030. The van der Waals surface area contributed by atoms with Crippen LogP contribution in [0, 0.1) is 11.7 Å². The lowest BCUT2D eigenvalue weighted by Crippen LogP contribution is -2.35. The molecule has 8 nitrogen and oxygen atoms in total. The Labute approximate surface area is 166 Å². The smallest absolute Gasteiger partial charge is 0.249 e. The van der Waals surface area contributed by atoms with Crippen molar-refractivity contribution in [2.75, 3.05) is 13.2 Å². The maximum atomic E-state index is 14.5. The van der Waals surface area contributed by atoms with Gasteiger partial charge in [-0.05, 0) is 25.7 Å². The fourth-order valence-corrected chi connectivity index (χ4v) is 2.75. The molecule has 3 heterocycles. The summed E-state index contributed by atoms with van der Waals surface area (Å²) in [7, 11) is 0. The minimum Gasteiger partial charge on any atom is -0.492 e. The van der Waals surface area contributed by atoms with Gasteiger partial charge in [0, 0.05) is 19.1 Å². The number of fused-ring (bicyclic) bond motifs is 1. The Balaban J connectivity index is 1.47. The summed E-state index contributed by atoms with van der Waals surface area (Å²) in [5, 5.41) is 2.72. The largest absolute Gasteiger partial charge is 0.492 e. The van der Waals surface area contributed by atoms with Gasteiger partial charge in [0.15, 0.2) is 17.1 Å². The van der Waals surface area contributed by atoms with Crippen molar-refractivity contribution in [3.8, 4) is 23.2 Å². The SMILES string of the molecule is CC(=O)N[C@@H](C)COc1cc2oc(-c3ncc(OCC4CC4)cc3F)nc2cn1. The summed E-state index contributed by atoms with van der Waals surface area (Å²) in [6.45, 7) is 4.09. The Morgan fingerprint density at radius 3 is 2.86 bits per heavy atom. The average molecular weight is 400 g/mol. The summed E-state index contributed by atoms with van der Waals surface area (Å²) in [5.41, 5.74) is 0.853. The number of hydrogen-bond donors (Lipinski definition) is 1. The van der Waals surface area contributed by atoms with Crippen LogP contribution in [0.25, 0.3) is 22.7 Å². The molecule has 3 aromatic rings. The van der Waals surface area contributed by atoms with E-state index in [4.69, 9.17) is 13.9 Å². The van der Waals surface area contributed by atoms with Crippen LogP contribution in [-0.4, -0.2) is 40.1 Å². The number of nitrogens with zero attached hydrogens (tertiary/aromatic N) is 3. The first-order chi connectivity index (χ1) is 14.0. The monoisotopic (exact) mass is 400 g/mol. The van der Waals surface area contributed by atoms with E-state index in [0.29, 0.717) is 35.3 Å². The Kier molecular flexibility index (Phi) is 5.28. The van der Waals surface area contributed by atoms with Crippen LogP contribution >= 0.6 is 0 Å². The molecule has 0 bridgehead atoms. The molecule has 1 fully saturated rings. The molecule has 0 aliphatic heterocycles. The number of halogens is 1. The Morgan fingerprint density at radius 1 is 1.31 bits per heavy atom. The van der Waals surface area contributed by atoms with E-state index in [1.807, 2.05) is 6.92 Å². The maximum Gasteiger partial charge on any atom is 0.249 e. The molecule has 152 valence electrons.